The normalized spacial score (nSPS) is 10.2. The van der Waals surface area contributed by atoms with Crippen molar-refractivity contribution in [2.75, 3.05) is 5.73 Å². The van der Waals surface area contributed by atoms with Gasteiger partial charge in [0.1, 0.15) is 0 Å². The Morgan fingerprint density at radius 1 is 1.47 bits per heavy atom. The summed E-state index contributed by atoms with van der Waals surface area (Å²) in [7, 11) is 0. The molecule has 5 heteroatoms. The molecule has 0 bridgehead atoms. The number of aromatic nitrogens is 2. The van der Waals surface area contributed by atoms with Crippen molar-refractivity contribution in [3.63, 3.8) is 0 Å². The summed E-state index contributed by atoms with van der Waals surface area (Å²) in [6, 6.07) is 6.42. The fourth-order valence-electron chi connectivity index (χ4n) is 1.20. The van der Waals surface area contributed by atoms with Gasteiger partial charge in [0.2, 0.25) is 0 Å². The van der Waals surface area contributed by atoms with Gasteiger partial charge in [0.25, 0.3) is 5.91 Å². The number of anilines is 1. The van der Waals surface area contributed by atoms with Crippen molar-refractivity contribution >= 4 is 23.2 Å². The molecule has 0 radical (unpaired) electrons. The first kappa shape index (κ1) is 9.73. The van der Waals surface area contributed by atoms with E-state index in [4.69, 9.17) is 17.3 Å². The van der Waals surface area contributed by atoms with Crippen molar-refractivity contribution in [1.29, 1.82) is 0 Å². The van der Waals surface area contributed by atoms with Crippen molar-refractivity contribution in [2.24, 2.45) is 0 Å². The highest BCUT2D eigenvalue weighted by Gasteiger charge is 2.09. The average Bonchev–Trinajstić information content (AvgIpc) is 2.74. The highest BCUT2D eigenvalue weighted by atomic mass is 35.5. The molecule has 15 heavy (non-hydrogen) atoms. The number of carbonyl (C=O) groups is 1. The van der Waals surface area contributed by atoms with E-state index in [1.807, 2.05) is 0 Å². The van der Waals surface area contributed by atoms with E-state index in [0.717, 1.165) is 0 Å². The highest BCUT2D eigenvalue weighted by Crippen LogP contribution is 2.19. The maximum Gasteiger partial charge on any atom is 0.278 e. The summed E-state index contributed by atoms with van der Waals surface area (Å²) in [6.45, 7) is 0. The van der Waals surface area contributed by atoms with Gasteiger partial charge in [-0.05, 0) is 24.3 Å². The Kier molecular flexibility index (Phi) is 2.43. The van der Waals surface area contributed by atoms with Gasteiger partial charge < -0.3 is 5.73 Å². The van der Waals surface area contributed by atoms with Gasteiger partial charge in [0.05, 0.1) is 10.7 Å². The predicted octanol–water partition coefficient (Wildman–Crippen LogP) is 1.81. The molecule has 0 saturated heterocycles. The van der Waals surface area contributed by atoms with E-state index in [1.54, 1.807) is 24.4 Å². The van der Waals surface area contributed by atoms with E-state index in [9.17, 15) is 4.79 Å². The summed E-state index contributed by atoms with van der Waals surface area (Å²) in [6.07, 6.45) is 3.12. The quantitative estimate of drug-likeness (QED) is 0.747. The second-order valence-corrected chi connectivity index (χ2v) is 3.40. The summed E-state index contributed by atoms with van der Waals surface area (Å²) in [5.74, 6) is -0.233. The van der Waals surface area contributed by atoms with Crippen molar-refractivity contribution < 1.29 is 4.79 Å². The molecule has 0 aliphatic carbocycles. The van der Waals surface area contributed by atoms with Crippen molar-refractivity contribution in [3.05, 3.63) is 47.2 Å². The lowest BCUT2D eigenvalue weighted by atomic mass is 10.2. The van der Waals surface area contributed by atoms with Crippen LogP contribution in [-0.4, -0.2) is 15.7 Å². The lowest BCUT2D eigenvalue weighted by molar-refractivity contribution is 0.0945. The van der Waals surface area contributed by atoms with Gasteiger partial charge in [-0.15, -0.1) is 0 Å². The number of halogens is 1. The number of nitrogens with zero attached hydrogens (tertiary/aromatic N) is 2. The van der Waals surface area contributed by atoms with Crippen LogP contribution in [0.2, 0.25) is 5.02 Å². The molecular formula is C10H8ClN3O. The summed E-state index contributed by atoms with van der Waals surface area (Å²) in [4.78, 5) is 11.8. The number of benzene rings is 1. The van der Waals surface area contributed by atoms with Gasteiger partial charge >= 0.3 is 0 Å². The van der Waals surface area contributed by atoms with E-state index in [2.05, 4.69) is 5.10 Å². The molecule has 0 spiro atoms. The Balaban J connectivity index is 2.39. The molecule has 1 aromatic heterocycles. The number of rotatable bonds is 1. The van der Waals surface area contributed by atoms with E-state index in [-0.39, 0.29) is 5.91 Å². The minimum Gasteiger partial charge on any atom is -0.398 e. The second-order valence-electron chi connectivity index (χ2n) is 2.99. The molecule has 4 nitrogen and oxygen atoms in total. The minimum absolute atomic E-state index is 0.233. The standard InChI is InChI=1S/C10H8ClN3O/c11-8-3-2-7(6-9(8)12)10(15)14-5-1-4-13-14/h1-6H,12H2. The maximum atomic E-state index is 11.8. The predicted molar refractivity (Wildman–Crippen MR) is 57.8 cm³/mol. The van der Waals surface area contributed by atoms with Gasteiger partial charge in [0, 0.05) is 18.0 Å². The lowest BCUT2D eigenvalue weighted by Crippen LogP contribution is -2.12. The molecule has 0 amide bonds. The first-order valence-corrected chi connectivity index (χ1v) is 4.65. The minimum atomic E-state index is -0.233. The summed E-state index contributed by atoms with van der Waals surface area (Å²) < 4.78 is 1.24. The summed E-state index contributed by atoms with van der Waals surface area (Å²) >= 11 is 5.75. The van der Waals surface area contributed by atoms with E-state index >= 15 is 0 Å². The molecular weight excluding hydrogens is 214 g/mol. The fourth-order valence-corrected chi connectivity index (χ4v) is 1.32. The van der Waals surface area contributed by atoms with E-state index in [1.165, 1.54) is 16.9 Å². The third-order valence-electron chi connectivity index (χ3n) is 1.96. The Morgan fingerprint density at radius 3 is 2.87 bits per heavy atom. The fraction of sp³-hybridized carbons (Fsp3) is 0. The van der Waals surface area contributed by atoms with Crippen LogP contribution in [0.15, 0.2) is 36.7 Å². The summed E-state index contributed by atoms with van der Waals surface area (Å²) in [5.41, 5.74) is 6.44. The molecule has 2 rings (SSSR count). The van der Waals surface area contributed by atoms with Gasteiger partial charge in [0.15, 0.2) is 0 Å². The van der Waals surface area contributed by atoms with Crippen LogP contribution < -0.4 is 5.73 Å². The van der Waals surface area contributed by atoms with Gasteiger partial charge in [-0.2, -0.15) is 5.10 Å². The average molecular weight is 222 g/mol. The van der Waals surface area contributed by atoms with Crippen molar-refractivity contribution in [2.45, 2.75) is 0 Å². The van der Waals surface area contributed by atoms with Crippen LogP contribution >= 0.6 is 11.6 Å². The van der Waals surface area contributed by atoms with Crippen LogP contribution in [0.4, 0.5) is 5.69 Å². The monoisotopic (exact) mass is 221 g/mol. The number of nitrogens with two attached hydrogens (primary N) is 1. The Hall–Kier alpha value is -1.81. The molecule has 2 N–H and O–H groups in total. The first-order chi connectivity index (χ1) is 7.18. The zero-order chi connectivity index (χ0) is 10.8. The van der Waals surface area contributed by atoms with E-state index < -0.39 is 0 Å². The molecule has 76 valence electrons. The number of carbonyl (C=O) groups excluding carboxylic acids is 1. The van der Waals surface area contributed by atoms with Crippen molar-refractivity contribution in [3.8, 4) is 0 Å². The Bertz CT molecular complexity index is 493. The van der Waals surface area contributed by atoms with Crippen molar-refractivity contribution in [1.82, 2.24) is 9.78 Å². The van der Waals surface area contributed by atoms with Gasteiger partial charge in [-0.1, -0.05) is 11.6 Å². The van der Waals surface area contributed by atoms with Crippen LogP contribution in [0.5, 0.6) is 0 Å². The van der Waals surface area contributed by atoms with Gasteiger partial charge in [-0.3, -0.25) is 4.79 Å². The molecule has 0 saturated carbocycles. The number of hydrogen-bond donors (Lipinski definition) is 1. The molecule has 1 heterocycles. The molecule has 0 fully saturated rings. The lowest BCUT2D eigenvalue weighted by Gasteiger charge is -2.02. The van der Waals surface area contributed by atoms with E-state index in [0.29, 0.717) is 16.3 Å². The van der Waals surface area contributed by atoms with Crippen LogP contribution in [0, 0.1) is 0 Å². The topological polar surface area (TPSA) is 60.9 Å². The van der Waals surface area contributed by atoms with Crippen LogP contribution in [0.1, 0.15) is 10.4 Å². The zero-order valence-corrected chi connectivity index (χ0v) is 8.48. The molecule has 2 aromatic rings. The largest absolute Gasteiger partial charge is 0.398 e. The Morgan fingerprint density at radius 2 is 2.27 bits per heavy atom. The third-order valence-corrected chi connectivity index (χ3v) is 2.30. The molecule has 0 unspecified atom stereocenters. The molecule has 1 aromatic carbocycles. The number of hydrogen-bond acceptors (Lipinski definition) is 3. The van der Waals surface area contributed by atoms with Crippen LogP contribution in [0.3, 0.4) is 0 Å². The third kappa shape index (κ3) is 1.85. The van der Waals surface area contributed by atoms with Crippen LogP contribution in [-0.2, 0) is 0 Å². The molecule has 0 atom stereocenters. The smallest absolute Gasteiger partial charge is 0.278 e. The number of nitrogen functional groups attached to an aromatic ring is 1. The van der Waals surface area contributed by atoms with Crippen LogP contribution in [0.25, 0.3) is 0 Å². The Labute approximate surface area is 91.3 Å². The second kappa shape index (κ2) is 3.74. The summed E-state index contributed by atoms with van der Waals surface area (Å²) in [5, 5.41) is 4.28. The first-order valence-electron chi connectivity index (χ1n) is 4.28. The molecule has 0 aliphatic rings. The maximum absolute atomic E-state index is 11.8. The molecule has 0 aliphatic heterocycles. The van der Waals surface area contributed by atoms with Gasteiger partial charge in [-0.25, -0.2) is 4.68 Å². The zero-order valence-electron chi connectivity index (χ0n) is 7.72. The SMILES string of the molecule is Nc1cc(C(=O)n2cccn2)ccc1Cl. The highest BCUT2D eigenvalue weighted by molar-refractivity contribution is 6.33.